The van der Waals surface area contributed by atoms with Crippen LogP contribution in [0.4, 0.5) is 14.9 Å². The molecule has 1 saturated heterocycles. The van der Waals surface area contributed by atoms with E-state index in [1.807, 2.05) is 30.3 Å². The SMILES string of the molecule is O=C(NC1CCN(C(=O)Nc2cccc3cccnc23)CC1)c1ccccc1F. The molecule has 1 aliphatic rings. The van der Waals surface area contributed by atoms with Crippen LogP contribution < -0.4 is 10.6 Å². The fraction of sp³-hybridized carbons (Fsp3) is 0.227. The van der Waals surface area contributed by atoms with E-state index >= 15 is 0 Å². The van der Waals surface area contributed by atoms with Crippen LogP contribution in [0, 0.1) is 5.82 Å². The van der Waals surface area contributed by atoms with Crippen molar-refractivity contribution in [2.75, 3.05) is 18.4 Å². The van der Waals surface area contributed by atoms with Gasteiger partial charge in [-0.1, -0.05) is 30.3 Å². The molecule has 3 aromatic rings. The Hall–Kier alpha value is -3.48. The van der Waals surface area contributed by atoms with E-state index in [-0.39, 0.29) is 17.6 Å². The predicted octanol–water partition coefficient (Wildman–Crippen LogP) is 3.80. The van der Waals surface area contributed by atoms with Gasteiger partial charge in [0.15, 0.2) is 0 Å². The van der Waals surface area contributed by atoms with Gasteiger partial charge in [-0.3, -0.25) is 9.78 Å². The highest BCUT2D eigenvalue weighted by molar-refractivity contribution is 5.99. The predicted molar refractivity (Wildman–Crippen MR) is 109 cm³/mol. The molecule has 148 valence electrons. The number of urea groups is 1. The van der Waals surface area contributed by atoms with Crippen molar-refractivity contribution in [2.24, 2.45) is 0 Å². The maximum absolute atomic E-state index is 13.8. The average Bonchev–Trinajstić information content (AvgIpc) is 2.75. The number of piperidine rings is 1. The summed E-state index contributed by atoms with van der Waals surface area (Å²) in [5.41, 5.74) is 1.45. The number of carbonyl (C=O) groups is 2. The van der Waals surface area contributed by atoms with Crippen LogP contribution in [0.3, 0.4) is 0 Å². The molecule has 1 fully saturated rings. The zero-order chi connectivity index (χ0) is 20.2. The van der Waals surface area contributed by atoms with Crippen molar-refractivity contribution in [3.8, 4) is 0 Å². The van der Waals surface area contributed by atoms with Crippen LogP contribution in [-0.2, 0) is 0 Å². The Morgan fingerprint density at radius 2 is 1.76 bits per heavy atom. The lowest BCUT2D eigenvalue weighted by atomic mass is 10.0. The van der Waals surface area contributed by atoms with Gasteiger partial charge in [-0.2, -0.15) is 0 Å². The van der Waals surface area contributed by atoms with Crippen LogP contribution in [0.5, 0.6) is 0 Å². The largest absolute Gasteiger partial charge is 0.349 e. The Morgan fingerprint density at radius 1 is 1.00 bits per heavy atom. The van der Waals surface area contributed by atoms with Crippen LogP contribution in [0.1, 0.15) is 23.2 Å². The third kappa shape index (κ3) is 4.18. The second kappa shape index (κ2) is 8.26. The Bertz CT molecular complexity index is 1040. The van der Waals surface area contributed by atoms with Gasteiger partial charge in [0.25, 0.3) is 5.91 Å². The molecule has 0 spiro atoms. The highest BCUT2D eigenvalue weighted by atomic mass is 19.1. The number of pyridine rings is 1. The number of nitrogens with one attached hydrogen (secondary N) is 2. The number of rotatable bonds is 3. The van der Waals surface area contributed by atoms with Crippen molar-refractivity contribution in [3.05, 3.63) is 72.2 Å². The molecular weight excluding hydrogens is 371 g/mol. The molecule has 2 N–H and O–H groups in total. The second-order valence-corrected chi connectivity index (χ2v) is 7.03. The monoisotopic (exact) mass is 392 g/mol. The molecule has 2 heterocycles. The second-order valence-electron chi connectivity index (χ2n) is 7.03. The number of likely N-dealkylation sites (tertiary alicyclic amines) is 1. The standard InChI is InChI=1S/C22H21FN4O2/c23-18-8-2-1-7-17(18)21(28)25-16-10-13-27(14-11-16)22(29)26-19-9-3-5-15-6-4-12-24-20(15)19/h1-9,12,16H,10-11,13-14H2,(H,25,28)(H,26,29). The molecule has 6 nitrogen and oxygen atoms in total. The molecule has 1 aliphatic heterocycles. The zero-order valence-corrected chi connectivity index (χ0v) is 15.8. The van der Waals surface area contributed by atoms with Gasteiger partial charge in [0.2, 0.25) is 0 Å². The van der Waals surface area contributed by atoms with Gasteiger partial charge in [-0.05, 0) is 37.1 Å². The number of para-hydroxylation sites is 1. The number of carbonyl (C=O) groups excluding carboxylic acids is 2. The summed E-state index contributed by atoms with van der Waals surface area (Å²) in [5, 5.41) is 6.75. The molecule has 1 aromatic heterocycles. The first-order valence-electron chi connectivity index (χ1n) is 9.57. The lowest BCUT2D eigenvalue weighted by molar-refractivity contribution is 0.0915. The average molecular weight is 392 g/mol. The number of amides is 3. The van der Waals surface area contributed by atoms with Gasteiger partial charge in [0, 0.05) is 30.7 Å². The summed E-state index contributed by atoms with van der Waals surface area (Å²) in [6.45, 7) is 1.01. The van der Waals surface area contributed by atoms with E-state index in [1.165, 1.54) is 12.1 Å². The summed E-state index contributed by atoms with van der Waals surface area (Å²) in [6, 6.07) is 15.1. The van der Waals surface area contributed by atoms with Crippen LogP contribution in [0.15, 0.2) is 60.8 Å². The smallest absolute Gasteiger partial charge is 0.321 e. The number of hydrogen-bond acceptors (Lipinski definition) is 3. The first-order chi connectivity index (χ1) is 14.1. The molecule has 0 bridgehead atoms. The Balaban J connectivity index is 1.34. The highest BCUT2D eigenvalue weighted by Gasteiger charge is 2.25. The summed E-state index contributed by atoms with van der Waals surface area (Å²) in [6.07, 6.45) is 2.92. The minimum absolute atomic E-state index is 0.0381. The van der Waals surface area contributed by atoms with E-state index in [0.717, 1.165) is 10.9 Å². The molecule has 7 heteroatoms. The topological polar surface area (TPSA) is 74.3 Å². The molecule has 0 radical (unpaired) electrons. The zero-order valence-electron chi connectivity index (χ0n) is 15.8. The fourth-order valence-corrected chi connectivity index (χ4v) is 3.53. The maximum Gasteiger partial charge on any atom is 0.321 e. The summed E-state index contributed by atoms with van der Waals surface area (Å²) < 4.78 is 13.8. The number of aromatic nitrogens is 1. The molecule has 0 aliphatic carbocycles. The number of hydrogen-bond donors (Lipinski definition) is 2. The van der Waals surface area contributed by atoms with E-state index in [0.29, 0.717) is 31.6 Å². The van der Waals surface area contributed by atoms with Crippen LogP contribution in [0.25, 0.3) is 10.9 Å². The van der Waals surface area contributed by atoms with Crippen molar-refractivity contribution in [2.45, 2.75) is 18.9 Å². The van der Waals surface area contributed by atoms with E-state index in [4.69, 9.17) is 0 Å². The summed E-state index contributed by atoms with van der Waals surface area (Å²) in [7, 11) is 0. The van der Waals surface area contributed by atoms with Gasteiger partial charge in [-0.15, -0.1) is 0 Å². The summed E-state index contributed by atoms with van der Waals surface area (Å²) in [4.78, 5) is 31.0. The van der Waals surface area contributed by atoms with E-state index in [9.17, 15) is 14.0 Å². The van der Waals surface area contributed by atoms with Gasteiger partial charge in [0.05, 0.1) is 16.8 Å². The van der Waals surface area contributed by atoms with Crippen LogP contribution >= 0.6 is 0 Å². The van der Waals surface area contributed by atoms with Crippen molar-refractivity contribution < 1.29 is 14.0 Å². The summed E-state index contributed by atoms with van der Waals surface area (Å²) >= 11 is 0. The highest BCUT2D eigenvalue weighted by Crippen LogP contribution is 2.22. The van der Waals surface area contributed by atoms with Gasteiger partial charge < -0.3 is 15.5 Å². The third-order valence-corrected chi connectivity index (χ3v) is 5.11. The Kier molecular flexibility index (Phi) is 5.37. The van der Waals surface area contributed by atoms with Crippen molar-refractivity contribution >= 4 is 28.5 Å². The lowest BCUT2D eigenvalue weighted by Crippen LogP contribution is -2.47. The number of benzene rings is 2. The van der Waals surface area contributed by atoms with E-state index in [1.54, 1.807) is 23.2 Å². The number of halogens is 1. The quantitative estimate of drug-likeness (QED) is 0.712. The normalized spacial score (nSPS) is 14.6. The summed E-state index contributed by atoms with van der Waals surface area (Å²) in [5.74, 6) is -0.960. The van der Waals surface area contributed by atoms with Gasteiger partial charge >= 0.3 is 6.03 Å². The van der Waals surface area contributed by atoms with Gasteiger partial charge in [-0.25, -0.2) is 9.18 Å². The first kappa shape index (κ1) is 18.9. The fourth-order valence-electron chi connectivity index (χ4n) is 3.53. The van der Waals surface area contributed by atoms with Crippen molar-refractivity contribution in [3.63, 3.8) is 0 Å². The molecule has 29 heavy (non-hydrogen) atoms. The Labute approximate surface area is 167 Å². The van der Waals surface area contributed by atoms with E-state index < -0.39 is 11.7 Å². The minimum Gasteiger partial charge on any atom is -0.349 e. The number of nitrogens with zero attached hydrogens (tertiary/aromatic N) is 2. The lowest BCUT2D eigenvalue weighted by Gasteiger charge is -2.32. The first-order valence-corrected chi connectivity index (χ1v) is 9.57. The molecule has 0 saturated carbocycles. The Morgan fingerprint density at radius 3 is 2.55 bits per heavy atom. The maximum atomic E-state index is 13.8. The minimum atomic E-state index is -0.537. The number of fused-ring (bicyclic) bond motifs is 1. The van der Waals surface area contributed by atoms with Crippen LogP contribution in [-0.4, -0.2) is 41.0 Å². The van der Waals surface area contributed by atoms with Gasteiger partial charge in [0.1, 0.15) is 5.82 Å². The third-order valence-electron chi connectivity index (χ3n) is 5.11. The van der Waals surface area contributed by atoms with Crippen LogP contribution in [0.2, 0.25) is 0 Å². The molecule has 0 atom stereocenters. The number of anilines is 1. The molecule has 3 amide bonds. The van der Waals surface area contributed by atoms with E-state index in [2.05, 4.69) is 15.6 Å². The molecular formula is C22H21FN4O2. The molecule has 2 aromatic carbocycles. The molecule has 0 unspecified atom stereocenters. The molecule has 4 rings (SSSR count). The van der Waals surface area contributed by atoms with Crippen molar-refractivity contribution in [1.82, 2.24) is 15.2 Å². The van der Waals surface area contributed by atoms with Crippen molar-refractivity contribution in [1.29, 1.82) is 0 Å².